The van der Waals surface area contributed by atoms with E-state index < -0.39 is 11.7 Å². The highest BCUT2D eigenvalue weighted by Crippen LogP contribution is 2.34. The van der Waals surface area contributed by atoms with Gasteiger partial charge in [-0.3, -0.25) is 0 Å². The minimum atomic E-state index is -4.39. The van der Waals surface area contributed by atoms with Gasteiger partial charge in [0.25, 0.3) is 0 Å². The number of hydrogen-bond donors (Lipinski definition) is 2. The van der Waals surface area contributed by atoms with Gasteiger partial charge in [-0.15, -0.1) is 0 Å². The van der Waals surface area contributed by atoms with Crippen molar-refractivity contribution in [3.05, 3.63) is 29.8 Å². The monoisotopic (exact) mass is 346 g/mol. The largest absolute Gasteiger partial charge is 0.418 e. The van der Waals surface area contributed by atoms with Gasteiger partial charge in [0, 0.05) is 6.54 Å². The minimum Gasteiger partial charge on any atom is -0.362 e. The first kappa shape index (κ1) is 19.7. The molecule has 0 saturated heterocycles. The fourth-order valence-corrected chi connectivity index (χ4v) is 2.50. The second-order valence-corrected chi connectivity index (χ2v) is 5.95. The van der Waals surface area contributed by atoms with Crippen molar-refractivity contribution in [1.29, 1.82) is 0 Å². The smallest absolute Gasteiger partial charge is 0.362 e. The van der Waals surface area contributed by atoms with Crippen molar-refractivity contribution in [2.75, 3.05) is 11.9 Å². The van der Waals surface area contributed by atoms with E-state index in [2.05, 4.69) is 17.6 Å². The number of benzene rings is 1. The predicted octanol–water partition coefficient (Wildman–Crippen LogP) is 5.74. The van der Waals surface area contributed by atoms with Crippen molar-refractivity contribution in [3.63, 3.8) is 0 Å². The summed E-state index contributed by atoms with van der Waals surface area (Å²) in [5.41, 5.74) is -0.725. The van der Waals surface area contributed by atoms with Gasteiger partial charge in [-0.05, 0) is 30.8 Å². The molecule has 0 atom stereocenters. The Morgan fingerprint density at radius 2 is 1.61 bits per heavy atom. The summed E-state index contributed by atoms with van der Waals surface area (Å²) in [7, 11) is 0. The molecule has 0 saturated carbocycles. The van der Waals surface area contributed by atoms with Crippen LogP contribution in [0.15, 0.2) is 24.3 Å². The molecule has 6 heteroatoms. The molecule has 0 amide bonds. The summed E-state index contributed by atoms with van der Waals surface area (Å²) in [6.45, 7) is 2.86. The first-order valence-electron chi connectivity index (χ1n) is 8.16. The molecule has 130 valence electrons. The lowest BCUT2D eigenvalue weighted by Gasteiger charge is -2.15. The topological polar surface area (TPSA) is 24.1 Å². The maximum Gasteiger partial charge on any atom is 0.418 e. The van der Waals surface area contributed by atoms with Crippen molar-refractivity contribution < 1.29 is 13.2 Å². The number of nitrogens with one attached hydrogen (secondary N) is 2. The molecule has 1 aromatic carbocycles. The summed E-state index contributed by atoms with van der Waals surface area (Å²) in [5, 5.41) is 5.83. The van der Waals surface area contributed by atoms with Crippen molar-refractivity contribution in [2.24, 2.45) is 0 Å². The molecule has 0 unspecified atom stereocenters. The third kappa shape index (κ3) is 8.21. The van der Waals surface area contributed by atoms with E-state index in [0.717, 1.165) is 18.9 Å². The van der Waals surface area contributed by atoms with E-state index >= 15 is 0 Å². The summed E-state index contributed by atoms with van der Waals surface area (Å²) >= 11 is 5.06. The van der Waals surface area contributed by atoms with Crippen LogP contribution in [0.3, 0.4) is 0 Å². The Labute approximate surface area is 141 Å². The fourth-order valence-electron chi connectivity index (χ4n) is 2.29. The third-order valence-electron chi connectivity index (χ3n) is 3.55. The summed E-state index contributed by atoms with van der Waals surface area (Å²) in [4.78, 5) is 0. The van der Waals surface area contributed by atoms with Crippen LogP contribution in [0.2, 0.25) is 0 Å². The Hall–Kier alpha value is -1.30. The van der Waals surface area contributed by atoms with Gasteiger partial charge in [0.1, 0.15) is 0 Å². The molecule has 0 heterocycles. The molecule has 2 N–H and O–H groups in total. The van der Waals surface area contributed by atoms with Crippen molar-refractivity contribution in [2.45, 2.75) is 58.0 Å². The number of rotatable bonds is 9. The van der Waals surface area contributed by atoms with E-state index in [1.54, 1.807) is 6.07 Å². The average Bonchev–Trinajstić information content (AvgIpc) is 2.49. The lowest BCUT2D eigenvalue weighted by molar-refractivity contribution is -0.136. The molecule has 0 spiro atoms. The van der Waals surface area contributed by atoms with E-state index in [-0.39, 0.29) is 10.8 Å². The molecule has 0 aliphatic heterocycles. The van der Waals surface area contributed by atoms with Gasteiger partial charge >= 0.3 is 6.18 Å². The molecular weight excluding hydrogens is 321 g/mol. The molecule has 0 radical (unpaired) electrons. The van der Waals surface area contributed by atoms with Gasteiger partial charge in [0.2, 0.25) is 0 Å². The highest BCUT2D eigenvalue weighted by Gasteiger charge is 2.33. The maximum absolute atomic E-state index is 12.9. The molecular formula is C17H25F3N2S. The highest BCUT2D eigenvalue weighted by atomic mass is 32.1. The lowest BCUT2D eigenvalue weighted by Crippen LogP contribution is -2.30. The van der Waals surface area contributed by atoms with Gasteiger partial charge in [-0.25, -0.2) is 0 Å². The first-order chi connectivity index (χ1) is 10.9. The predicted molar refractivity (Wildman–Crippen MR) is 93.7 cm³/mol. The average molecular weight is 346 g/mol. The van der Waals surface area contributed by atoms with E-state index in [0.29, 0.717) is 6.54 Å². The standard InChI is InChI=1S/C17H25F3N2S/c1-2-3-4-5-6-7-10-13-21-16(23)22-15-12-9-8-11-14(15)17(18,19)20/h8-9,11-12H,2-7,10,13H2,1H3,(H2,21,22,23). The molecule has 23 heavy (non-hydrogen) atoms. The van der Waals surface area contributed by atoms with Crippen LogP contribution in [0.25, 0.3) is 0 Å². The second kappa shape index (κ2) is 10.5. The molecule has 2 nitrogen and oxygen atoms in total. The van der Waals surface area contributed by atoms with Crippen LogP contribution in [0.1, 0.15) is 57.4 Å². The van der Waals surface area contributed by atoms with Crippen molar-refractivity contribution in [3.8, 4) is 0 Å². The van der Waals surface area contributed by atoms with E-state index in [1.165, 1.54) is 44.2 Å². The van der Waals surface area contributed by atoms with Crippen molar-refractivity contribution >= 4 is 23.0 Å². The molecule has 1 rings (SSSR count). The van der Waals surface area contributed by atoms with Crippen LogP contribution < -0.4 is 10.6 Å². The van der Waals surface area contributed by atoms with Crippen LogP contribution in [0, 0.1) is 0 Å². The summed E-state index contributed by atoms with van der Waals surface area (Å²) in [5.74, 6) is 0. The molecule has 0 aromatic heterocycles. The lowest BCUT2D eigenvalue weighted by atomic mass is 10.1. The summed E-state index contributed by atoms with van der Waals surface area (Å²) in [6.07, 6.45) is 3.92. The maximum atomic E-state index is 12.9. The van der Waals surface area contributed by atoms with E-state index in [9.17, 15) is 13.2 Å². The Morgan fingerprint density at radius 1 is 1.00 bits per heavy atom. The number of halogens is 3. The molecule has 0 aliphatic rings. The Kier molecular flexibility index (Phi) is 8.99. The Morgan fingerprint density at radius 3 is 2.26 bits per heavy atom. The minimum absolute atomic E-state index is 0.0166. The van der Waals surface area contributed by atoms with Crippen LogP contribution in [0.4, 0.5) is 18.9 Å². The summed E-state index contributed by atoms with van der Waals surface area (Å²) in [6, 6.07) is 5.34. The van der Waals surface area contributed by atoms with Gasteiger partial charge in [0.05, 0.1) is 11.3 Å². The van der Waals surface area contributed by atoms with Crippen LogP contribution >= 0.6 is 12.2 Å². The van der Waals surface area contributed by atoms with Gasteiger partial charge in [0.15, 0.2) is 5.11 Å². The molecule has 0 bridgehead atoms. The van der Waals surface area contributed by atoms with Crippen molar-refractivity contribution in [1.82, 2.24) is 5.32 Å². The third-order valence-corrected chi connectivity index (χ3v) is 3.79. The molecule has 0 fully saturated rings. The number of unbranched alkanes of at least 4 members (excludes halogenated alkanes) is 6. The summed E-state index contributed by atoms with van der Waals surface area (Å²) < 4.78 is 38.6. The second-order valence-electron chi connectivity index (χ2n) is 5.55. The number of anilines is 1. The number of thiocarbonyl (C=S) groups is 1. The van der Waals surface area contributed by atoms with Gasteiger partial charge in [-0.1, -0.05) is 57.6 Å². The Bertz CT molecular complexity index is 475. The van der Waals surface area contributed by atoms with E-state index in [1.807, 2.05) is 0 Å². The quantitative estimate of drug-likeness (QED) is 0.440. The SMILES string of the molecule is CCCCCCCCCNC(=S)Nc1ccccc1C(F)(F)F. The fraction of sp³-hybridized carbons (Fsp3) is 0.588. The van der Waals surface area contributed by atoms with Gasteiger partial charge in [-0.2, -0.15) is 13.2 Å². The van der Waals surface area contributed by atoms with E-state index in [4.69, 9.17) is 12.2 Å². The number of hydrogen-bond acceptors (Lipinski definition) is 1. The normalized spacial score (nSPS) is 11.3. The zero-order chi connectivity index (χ0) is 17.1. The number of para-hydroxylation sites is 1. The molecule has 1 aromatic rings. The first-order valence-corrected chi connectivity index (χ1v) is 8.57. The van der Waals surface area contributed by atoms with Crippen LogP contribution in [-0.4, -0.2) is 11.7 Å². The highest BCUT2D eigenvalue weighted by molar-refractivity contribution is 7.80. The Balaban J connectivity index is 2.27. The molecule has 0 aliphatic carbocycles. The zero-order valence-electron chi connectivity index (χ0n) is 13.5. The van der Waals surface area contributed by atoms with Crippen LogP contribution in [-0.2, 0) is 6.18 Å². The number of alkyl halides is 3. The van der Waals surface area contributed by atoms with Gasteiger partial charge < -0.3 is 10.6 Å². The van der Waals surface area contributed by atoms with Crippen LogP contribution in [0.5, 0.6) is 0 Å². The zero-order valence-corrected chi connectivity index (χ0v) is 14.3.